The second-order valence-electron chi connectivity index (χ2n) is 4.49. The van der Waals surface area contributed by atoms with E-state index in [1.165, 1.54) is 11.1 Å². The summed E-state index contributed by atoms with van der Waals surface area (Å²) in [7, 11) is 3.86. The molecule has 1 rings (SSSR count). The molecule has 0 saturated heterocycles. The van der Waals surface area contributed by atoms with E-state index < -0.39 is 0 Å². The topological polar surface area (TPSA) is 38.5 Å². The molecule has 0 spiro atoms. The maximum Gasteiger partial charge on any atom is 0.0474 e. The zero-order valence-electron chi connectivity index (χ0n) is 11.1. The van der Waals surface area contributed by atoms with E-state index >= 15 is 0 Å². The third-order valence-electron chi connectivity index (χ3n) is 3.04. The first-order chi connectivity index (χ1) is 8.19. The Morgan fingerprint density at radius 1 is 1.41 bits per heavy atom. The molecule has 96 valence electrons. The summed E-state index contributed by atoms with van der Waals surface area (Å²) in [5.74, 6) is 0. The molecule has 0 fully saturated rings. The number of hydrogen-bond acceptors (Lipinski definition) is 3. The minimum absolute atomic E-state index is 0.298. The highest BCUT2D eigenvalue weighted by molar-refractivity contribution is 5.25. The summed E-state index contributed by atoms with van der Waals surface area (Å²) in [6.45, 7) is 4.56. The Kier molecular flexibility index (Phi) is 6.19. The molecule has 0 amide bonds. The molecule has 0 radical (unpaired) electrons. The van der Waals surface area contributed by atoms with Crippen molar-refractivity contribution in [2.75, 3.05) is 33.9 Å². The van der Waals surface area contributed by atoms with Gasteiger partial charge in [0.15, 0.2) is 0 Å². The second kappa shape index (κ2) is 7.43. The van der Waals surface area contributed by atoms with Crippen LogP contribution in [0, 0.1) is 6.92 Å². The molecular weight excluding hydrogens is 212 g/mol. The average Bonchev–Trinajstić information content (AvgIpc) is 2.30. The van der Waals surface area contributed by atoms with Gasteiger partial charge in [-0.3, -0.25) is 4.90 Å². The van der Waals surface area contributed by atoms with Gasteiger partial charge in [-0.15, -0.1) is 0 Å². The van der Waals surface area contributed by atoms with Crippen molar-refractivity contribution in [2.24, 2.45) is 5.73 Å². The highest BCUT2D eigenvalue weighted by atomic mass is 16.5. The van der Waals surface area contributed by atoms with Crippen LogP contribution in [0.5, 0.6) is 0 Å². The van der Waals surface area contributed by atoms with E-state index in [1.807, 2.05) is 0 Å². The summed E-state index contributed by atoms with van der Waals surface area (Å²) in [5.41, 5.74) is 8.47. The van der Waals surface area contributed by atoms with E-state index in [1.54, 1.807) is 7.11 Å². The number of methoxy groups -OCH3 is 1. The third-order valence-corrected chi connectivity index (χ3v) is 3.04. The number of rotatable bonds is 7. The van der Waals surface area contributed by atoms with Crippen molar-refractivity contribution in [2.45, 2.75) is 19.4 Å². The van der Waals surface area contributed by atoms with Crippen LogP contribution in [0.25, 0.3) is 0 Å². The molecule has 3 nitrogen and oxygen atoms in total. The SMILES string of the molecule is COCCCN(C)C(CN)c1cccc(C)c1. The smallest absolute Gasteiger partial charge is 0.0474 e. The molecule has 2 N–H and O–H groups in total. The summed E-state index contributed by atoms with van der Waals surface area (Å²) < 4.78 is 5.07. The predicted molar refractivity (Wildman–Crippen MR) is 72.1 cm³/mol. The Morgan fingerprint density at radius 2 is 2.18 bits per heavy atom. The van der Waals surface area contributed by atoms with E-state index in [9.17, 15) is 0 Å². The van der Waals surface area contributed by atoms with Gasteiger partial charge in [-0.25, -0.2) is 0 Å². The fraction of sp³-hybridized carbons (Fsp3) is 0.571. The van der Waals surface area contributed by atoms with Crippen LogP contribution in [0.1, 0.15) is 23.6 Å². The Bertz CT molecular complexity index is 328. The van der Waals surface area contributed by atoms with Crippen molar-refractivity contribution >= 4 is 0 Å². The zero-order valence-corrected chi connectivity index (χ0v) is 11.1. The number of nitrogens with zero attached hydrogens (tertiary/aromatic N) is 1. The lowest BCUT2D eigenvalue weighted by Gasteiger charge is -2.27. The van der Waals surface area contributed by atoms with Crippen LogP contribution in [0.3, 0.4) is 0 Å². The lowest BCUT2D eigenvalue weighted by molar-refractivity contribution is 0.166. The summed E-state index contributed by atoms with van der Waals surface area (Å²) in [5, 5.41) is 0. The van der Waals surface area contributed by atoms with E-state index in [-0.39, 0.29) is 0 Å². The Hall–Kier alpha value is -0.900. The van der Waals surface area contributed by atoms with Crippen LogP contribution < -0.4 is 5.73 Å². The lowest BCUT2D eigenvalue weighted by atomic mass is 10.0. The fourth-order valence-corrected chi connectivity index (χ4v) is 2.06. The number of ether oxygens (including phenoxy) is 1. The summed E-state index contributed by atoms with van der Waals surface area (Å²) in [4.78, 5) is 2.30. The molecule has 0 aliphatic carbocycles. The first-order valence-corrected chi connectivity index (χ1v) is 6.15. The van der Waals surface area contributed by atoms with Gasteiger partial charge in [-0.05, 0) is 26.0 Å². The van der Waals surface area contributed by atoms with Gasteiger partial charge in [0, 0.05) is 32.8 Å². The number of aryl methyl sites for hydroxylation is 1. The van der Waals surface area contributed by atoms with Gasteiger partial charge >= 0.3 is 0 Å². The molecule has 3 heteroatoms. The minimum atomic E-state index is 0.298. The normalized spacial score (nSPS) is 13.0. The lowest BCUT2D eigenvalue weighted by Crippen LogP contribution is -2.31. The fourth-order valence-electron chi connectivity index (χ4n) is 2.06. The summed E-state index contributed by atoms with van der Waals surface area (Å²) in [6, 6.07) is 8.87. The van der Waals surface area contributed by atoms with Crippen LogP contribution in [0.15, 0.2) is 24.3 Å². The number of benzene rings is 1. The van der Waals surface area contributed by atoms with Gasteiger partial charge in [-0.1, -0.05) is 29.8 Å². The van der Waals surface area contributed by atoms with Gasteiger partial charge in [-0.2, -0.15) is 0 Å². The maximum absolute atomic E-state index is 5.89. The van der Waals surface area contributed by atoms with Crippen LogP contribution >= 0.6 is 0 Å². The molecule has 0 bridgehead atoms. The van der Waals surface area contributed by atoms with Crippen molar-refractivity contribution in [3.05, 3.63) is 35.4 Å². The van der Waals surface area contributed by atoms with Crippen LogP contribution in [-0.2, 0) is 4.74 Å². The van der Waals surface area contributed by atoms with Crippen molar-refractivity contribution in [3.8, 4) is 0 Å². The highest BCUT2D eigenvalue weighted by Gasteiger charge is 2.14. The van der Waals surface area contributed by atoms with E-state index in [0.29, 0.717) is 12.6 Å². The van der Waals surface area contributed by atoms with Gasteiger partial charge in [0.25, 0.3) is 0 Å². The largest absolute Gasteiger partial charge is 0.385 e. The van der Waals surface area contributed by atoms with Crippen LogP contribution in [-0.4, -0.2) is 38.8 Å². The number of nitrogens with two attached hydrogens (primary N) is 1. The van der Waals surface area contributed by atoms with Crippen LogP contribution in [0.2, 0.25) is 0 Å². The predicted octanol–water partition coefficient (Wildman–Crippen LogP) is 1.96. The quantitative estimate of drug-likeness (QED) is 0.736. The van der Waals surface area contributed by atoms with E-state index in [2.05, 4.69) is 43.1 Å². The molecule has 0 heterocycles. The van der Waals surface area contributed by atoms with Gasteiger partial charge < -0.3 is 10.5 Å². The second-order valence-corrected chi connectivity index (χ2v) is 4.49. The highest BCUT2D eigenvalue weighted by Crippen LogP contribution is 2.19. The molecule has 1 unspecified atom stereocenters. The maximum atomic E-state index is 5.89. The van der Waals surface area contributed by atoms with Crippen LogP contribution in [0.4, 0.5) is 0 Å². The van der Waals surface area contributed by atoms with Gasteiger partial charge in [0.2, 0.25) is 0 Å². The molecule has 0 saturated carbocycles. The van der Waals surface area contributed by atoms with Crippen molar-refractivity contribution < 1.29 is 4.74 Å². The Morgan fingerprint density at radius 3 is 2.76 bits per heavy atom. The molecule has 0 aliphatic heterocycles. The molecule has 1 atom stereocenters. The van der Waals surface area contributed by atoms with Gasteiger partial charge in [0.05, 0.1) is 0 Å². The number of hydrogen-bond donors (Lipinski definition) is 1. The molecule has 17 heavy (non-hydrogen) atoms. The standard InChI is InChI=1S/C14H24N2O/c1-12-6-4-7-13(10-12)14(11-15)16(2)8-5-9-17-3/h4,6-7,10,14H,5,8-9,11,15H2,1-3H3. The average molecular weight is 236 g/mol. The summed E-state index contributed by atoms with van der Waals surface area (Å²) in [6.07, 6.45) is 1.04. The van der Waals surface area contributed by atoms with E-state index in [4.69, 9.17) is 10.5 Å². The Labute approximate surface area is 105 Å². The zero-order chi connectivity index (χ0) is 12.7. The molecule has 0 aromatic heterocycles. The molecule has 1 aromatic carbocycles. The third kappa shape index (κ3) is 4.46. The Balaban J connectivity index is 2.63. The minimum Gasteiger partial charge on any atom is -0.385 e. The summed E-state index contributed by atoms with van der Waals surface area (Å²) >= 11 is 0. The first kappa shape index (κ1) is 14.2. The molecular formula is C14H24N2O. The number of likely N-dealkylation sites (N-methyl/N-ethyl adjacent to an activating group) is 1. The molecule has 0 aliphatic rings. The van der Waals surface area contributed by atoms with Crippen molar-refractivity contribution in [1.82, 2.24) is 4.90 Å². The van der Waals surface area contributed by atoms with E-state index in [0.717, 1.165) is 19.6 Å². The van der Waals surface area contributed by atoms with Crippen molar-refractivity contribution in [1.29, 1.82) is 0 Å². The van der Waals surface area contributed by atoms with Gasteiger partial charge in [0.1, 0.15) is 0 Å². The monoisotopic (exact) mass is 236 g/mol. The van der Waals surface area contributed by atoms with Crippen molar-refractivity contribution in [3.63, 3.8) is 0 Å². The first-order valence-electron chi connectivity index (χ1n) is 6.15. The molecule has 1 aromatic rings.